The van der Waals surface area contributed by atoms with E-state index in [2.05, 4.69) is 28.2 Å². The number of ether oxygens (including phenoxy) is 1. The van der Waals surface area contributed by atoms with Crippen LogP contribution in [0.4, 0.5) is 9.59 Å². The van der Waals surface area contributed by atoms with E-state index in [1.54, 1.807) is 24.3 Å². The first-order valence-electron chi connectivity index (χ1n) is 12.7. The highest BCUT2D eigenvalue weighted by Crippen LogP contribution is 2.44. The molecule has 0 saturated carbocycles. The topological polar surface area (TPSA) is 189 Å². The van der Waals surface area contributed by atoms with Gasteiger partial charge >= 0.3 is 12.2 Å². The van der Waals surface area contributed by atoms with Gasteiger partial charge in [0.15, 0.2) is 0 Å². The number of hydrazine groups is 1. The second kappa shape index (κ2) is 13.1. The molecule has 0 unspecified atom stereocenters. The molecule has 212 valence electrons. The highest BCUT2D eigenvalue weighted by molar-refractivity contribution is 5.97. The zero-order valence-corrected chi connectivity index (χ0v) is 21.9. The summed E-state index contributed by atoms with van der Waals surface area (Å²) in [6.45, 7) is 0.391. The quantitative estimate of drug-likeness (QED) is 0.162. The van der Waals surface area contributed by atoms with Crippen LogP contribution in [0.5, 0.6) is 0 Å². The van der Waals surface area contributed by atoms with Crippen LogP contribution < -0.4 is 27.2 Å². The molecule has 4 rings (SSSR count). The fraction of sp³-hybridized carbons (Fsp3) is 0.207. The lowest BCUT2D eigenvalue weighted by Crippen LogP contribution is -2.53. The molecule has 0 heterocycles. The molecule has 1 aliphatic carbocycles. The molecular formula is C29H29N5O7. The van der Waals surface area contributed by atoms with Crippen LogP contribution in [0, 0.1) is 0 Å². The van der Waals surface area contributed by atoms with Crippen LogP contribution in [0.25, 0.3) is 11.1 Å². The molecule has 0 saturated heterocycles. The predicted molar refractivity (Wildman–Crippen MR) is 147 cm³/mol. The lowest BCUT2D eigenvalue weighted by Gasteiger charge is -2.17. The van der Waals surface area contributed by atoms with Gasteiger partial charge in [-0.2, -0.15) is 0 Å². The van der Waals surface area contributed by atoms with E-state index in [0.717, 1.165) is 27.8 Å². The summed E-state index contributed by atoms with van der Waals surface area (Å²) in [6.07, 6.45) is -2.65. The van der Waals surface area contributed by atoms with Crippen molar-refractivity contribution in [2.75, 3.05) is 6.61 Å². The molecule has 1 aliphatic rings. The number of nitrogens with one attached hydrogen (secondary N) is 4. The number of alkyl carbamates (subject to hydrolysis) is 1. The molecule has 0 bridgehead atoms. The smallest absolute Gasteiger partial charge is 0.407 e. The molecule has 12 nitrogen and oxygen atoms in total. The van der Waals surface area contributed by atoms with E-state index in [-0.39, 0.29) is 25.5 Å². The van der Waals surface area contributed by atoms with Gasteiger partial charge in [-0.05, 0) is 33.4 Å². The van der Waals surface area contributed by atoms with Gasteiger partial charge in [-0.3, -0.25) is 25.2 Å². The Morgan fingerprint density at radius 3 is 2.00 bits per heavy atom. The van der Waals surface area contributed by atoms with Gasteiger partial charge in [0.25, 0.3) is 5.91 Å². The summed E-state index contributed by atoms with van der Waals surface area (Å²) in [7, 11) is 0. The number of nitrogens with two attached hydrogens (primary N) is 1. The minimum atomic E-state index is -1.43. The Labute approximate surface area is 235 Å². The Morgan fingerprint density at radius 1 is 0.829 bits per heavy atom. The number of fused-ring (bicyclic) bond motifs is 3. The molecule has 0 aromatic heterocycles. The van der Waals surface area contributed by atoms with E-state index in [0.29, 0.717) is 5.56 Å². The van der Waals surface area contributed by atoms with E-state index in [4.69, 9.17) is 15.6 Å². The summed E-state index contributed by atoms with van der Waals surface area (Å²) in [5.74, 6) is -2.60. The number of benzene rings is 3. The van der Waals surface area contributed by atoms with Gasteiger partial charge < -0.3 is 26.2 Å². The number of amides is 5. The van der Waals surface area contributed by atoms with Crippen molar-refractivity contribution in [2.24, 2.45) is 5.73 Å². The highest BCUT2D eigenvalue weighted by Gasteiger charge is 2.29. The molecule has 3 aromatic rings. The van der Waals surface area contributed by atoms with Crippen molar-refractivity contribution in [2.45, 2.75) is 31.3 Å². The number of hydrogen-bond acceptors (Lipinski definition) is 6. The standard InChI is InChI=1S/C29H29N5O7/c30-25(35)14-26(36)33-34-27(37)24(32-28(38)39)13-17-9-11-18(12-10-17)15-31-29(40)41-16-23-21-7-3-1-5-19(21)20-6-2-4-8-22(20)23/h1-12,23-24,32H,13-16H2,(H2,30,35)(H,31,40)(H,33,36)(H,34,37)(H,38,39)/t24-/m0/s1. The van der Waals surface area contributed by atoms with Crippen LogP contribution in [0.15, 0.2) is 72.8 Å². The second-order valence-corrected chi connectivity index (χ2v) is 9.38. The van der Waals surface area contributed by atoms with Crippen LogP contribution in [0.3, 0.4) is 0 Å². The van der Waals surface area contributed by atoms with Crippen molar-refractivity contribution in [3.63, 3.8) is 0 Å². The summed E-state index contributed by atoms with van der Waals surface area (Å²) in [5.41, 5.74) is 14.9. The Kier molecular flexibility index (Phi) is 9.15. The maximum atomic E-state index is 12.5. The number of carbonyl (C=O) groups is 5. The zero-order valence-electron chi connectivity index (χ0n) is 21.9. The van der Waals surface area contributed by atoms with Crippen molar-refractivity contribution in [3.05, 3.63) is 95.1 Å². The molecule has 0 radical (unpaired) electrons. The minimum absolute atomic E-state index is 0.0239. The summed E-state index contributed by atoms with van der Waals surface area (Å²) < 4.78 is 5.55. The van der Waals surface area contributed by atoms with Crippen LogP contribution in [0.1, 0.15) is 34.6 Å². The van der Waals surface area contributed by atoms with Gasteiger partial charge in [-0.15, -0.1) is 0 Å². The van der Waals surface area contributed by atoms with Crippen molar-refractivity contribution in [3.8, 4) is 11.1 Å². The molecule has 5 amide bonds. The minimum Gasteiger partial charge on any atom is -0.465 e. The van der Waals surface area contributed by atoms with Gasteiger partial charge in [0.2, 0.25) is 11.8 Å². The van der Waals surface area contributed by atoms with Crippen LogP contribution >= 0.6 is 0 Å². The van der Waals surface area contributed by atoms with Gasteiger partial charge in [0.05, 0.1) is 0 Å². The SMILES string of the molecule is NC(=O)CC(=O)NNC(=O)[C@H](Cc1ccc(CNC(=O)OCC2c3ccccc3-c3ccccc32)cc1)NC(=O)O. The van der Waals surface area contributed by atoms with Crippen LogP contribution in [0.2, 0.25) is 0 Å². The number of hydrogen-bond donors (Lipinski definition) is 6. The first kappa shape index (κ1) is 28.6. The van der Waals surface area contributed by atoms with E-state index in [9.17, 15) is 24.0 Å². The highest BCUT2D eigenvalue weighted by atomic mass is 16.5. The lowest BCUT2D eigenvalue weighted by atomic mass is 9.98. The Bertz CT molecular complexity index is 1410. The first-order valence-corrected chi connectivity index (χ1v) is 12.7. The average molecular weight is 560 g/mol. The Balaban J connectivity index is 1.27. The summed E-state index contributed by atoms with van der Waals surface area (Å²) in [6, 6.07) is 21.7. The molecule has 1 atom stereocenters. The maximum absolute atomic E-state index is 12.5. The van der Waals surface area contributed by atoms with Gasteiger partial charge in [0, 0.05) is 18.9 Å². The number of primary amides is 1. The molecule has 3 aromatic carbocycles. The summed E-state index contributed by atoms with van der Waals surface area (Å²) in [5, 5.41) is 13.9. The molecule has 12 heteroatoms. The predicted octanol–water partition coefficient (Wildman–Crippen LogP) is 1.93. The second-order valence-electron chi connectivity index (χ2n) is 9.38. The fourth-order valence-corrected chi connectivity index (χ4v) is 4.63. The van der Waals surface area contributed by atoms with Crippen LogP contribution in [-0.4, -0.2) is 47.7 Å². The zero-order chi connectivity index (χ0) is 29.4. The van der Waals surface area contributed by atoms with Crippen molar-refractivity contribution in [1.82, 2.24) is 21.5 Å². The van der Waals surface area contributed by atoms with Gasteiger partial charge in [-0.25, -0.2) is 9.59 Å². The summed E-state index contributed by atoms with van der Waals surface area (Å²) >= 11 is 0. The van der Waals surface area contributed by atoms with Crippen LogP contribution in [-0.2, 0) is 32.1 Å². The molecule has 0 aliphatic heterocycles. The summed E-state index contributed by atoms with van der Waals surface area (Å²) in [4.78, 5) is 58.3. The largest absolute Gasteiger partial charge is 0.465 e. The third-order valence-electron chi connectivity index (χ3n) is 6.52. The van der Waals surface area contributed by atoms with E-state index >= 15 is 0 Å². The normalized spacial score (nSPS) is 12.3. The fourth-order valence-electron chi connectivity index (χ4n) is 4.63. The van der Waals surface area contributed by atoms with Gasteiger partial charge in [-0.1, -0.05) is 72.8 Å². The molecule has 0 spiro atoms. The third kappa shape index (κ3) is 7.60. The third-order valence-corrected chi connectivity index (χ3v) is 6.52. The molecule has 7 N–H and O–H groups in total. The average Bonchev–Trinajstić information content (AvgIpc) is 3.27. The van der Waals surface area contributed by atoms with Crippen molar-refractivity contribution >= 4 is 29.9 Å². The maximum Gasteiger partial charge on any atom is 0.407 e. The Morgan fingerprint density at radius 2 is 1.41 bits per heavy atom. The van der Waals surface area contributed by atoms with E-state index < -0.39 is 42.4 Å². The van der Waals surface area contributed by atoms with Crippen molar-refractivity contribution in [1.29, 1.82) is 0 Å². The lowest BCUT2D eigenvalue weighted by molar-refractivity contribution is -0.132. The molecular weight excluding hydrogens is 530 g/mol. The molecule has 0 fully saturated rings. The number of rotatable bonds is 10. The van der Waals surface area contributed by atoms with E-state index in [1.807, 2.05) is 41.8 Å². The van der Waals surface area contributed by atoms with Crippen molar-refractivity contribution < 1.29 is 33.8 Å². The molecule has 41 heavy (non-hydrogen) atoms. The Hall–Kier alpha value is -5.39. The monoisotopic (exact) mass is 559 g/mol. The number of carboxylic acid groups (broad SMARTS) is 1. The number of carbonyl (C=O) groups excluding carboxylic acids is 4. The van der Waals surface area contributed by atoms with E-state index in [1.165, 1.54) is 0 Å². The first-order chi connectivity index (χ1) is 19.7. The van der Waals surface area contributed by atoms with Gasteiger partial charge in [0.1, 0.15) is 19.1 Å².